The molecule has 2 aromatic rings. The van der Waals surface area contributed by atoms with E-state index in [1.54, 1.807) is 19.2 Å². The minimum Gasteiger partial charge on any atom is -0.378 e. The van der Waals surface area contributed by atoms with Crippen LogP contribution in [0.5, 0.6) is 0 Å². The Labute approximate surface area is 143 Å². The molecule has 0 saturated heterocycles. The highest BCUT2D eigenvalue weighted by molar-refractivity contribution is 5.79. The van der Waals surface area contributed by atoms with Crippen LogP contribution in [0, 0.1) is 5.82 Å². The molecule has 0 aliphatic rings. The quantitative estimate of drug-likeness (QED) is 0.633. The molecular formula is C19H25FN4. The second kappa shape index (κ2) is 8.91. The Balaban J connectivity index is 1.76. The molecule has 4 nitrogen and oxygen atoms in total. The summed E-state index contributed by atoms with van der Waals surface area (Å²) in [5.41, 5.74) is 3.47. The number of halogens is 1. The largest absolute Gasteiger partial charge is 0.378 e. The fourth-order valence-electron chi connectivity index (χ4n) is 2.29. The van der Waals surface area contributed by atoms with Crippen LogP contribution in [0.3, 0.4) is 0 Å². The molecule has 0 atom stereocenters. The van der Waals surface area contributed by atoms with Crippen molar-refractivity contribution in [3.05, 3.63) is 65.5 Å². The maximum Gasteiger partial charge on any atom is 0.191 e. The summed E-state index contributed by atoms with van der Waals surface area (Å²) in [6.45, 7) is 1.45. The van der Waals surface area contributed by atoms with Crippen LogP contribution in [0.25, 0.3) is 0 Å². The van der Waals surface area contributed by atoms with E-state index in [1.807, 2.05) is 14.1 Å². The third kappa shape index (κ3) is 5.57. The molecule has 2 aromatic carbocycles. The molecule has 0 bridgehead atoms. The fourth-order valence-corrected chi connectivity index (χ4v) is 2.29. The first-order chi connectivity index (χ1) is 11.6. The van der Waals surface area contributed by atoms with E-state index in [0.29, 0.717) is 6.54 Å². The van der Waals surface area contributed by atoms with Crippen molar-refractivity contribution in [2.75, 3.05) is 32.6 Å². The van der Waals surface area contributed by atoms with Gasteiger partial charge in [0.25, 0.3) is 0 Å². The molecule has 2 N–H and O–H groups in total. The van der Waals surface area contributed by atoms with Crippen molar-refractivity contribution in [3.8, 4) is 0 Å². The lowest BCUT2D eigenvalue weighted by atomic mass is 10.1. The maximum atomic E-state index is 12.9. The molecule has 128 valence electrons. The van der Waals surface area contributed by atoms with Crippen molar-refractivity contribution >= 4 is 11.6 Å². The fraction of sp³-hybridized carbons (Fsp3) is 0.316. The Hall–Kier alpha value is -2.56. The number of aliphatic imine (C=N–C) groups is 1. The SMILES string of the molecule is CN=C(NCCc1ccc(F)cc1)NCc1ccc(N(C)C)cc1. The molecule has 2 rings (SSSR count). The van der Waals surface area contributed by atoms with Gasteiger partial charge in [-0.3, -0.25) is 4.99 Å². The third-order valence-corrected chi connectivity index (χ3v) is 3.76. The van der Waals surface area contributed by atoms with Gasteiger partial charge in [-0.05, 0) is 41.8 Å². The first-order valence-corrected chi connectivity index (χ1v) is 8.03. The van der Waals surface area contributed by atoms with Crippen molar-refractivity contribution in [2.24, 2.45) is 4.99 Å². The van der Waals surface area contributed by atoms with Gasteiger partial charge >= 0.3 is 0 Å². The zero-order valence-electron chi connectivity index (χ0n) is 14.5. The van der Waals surface area contributed by atoms with E-state index in [2.05, 4.69) is 44.8 Å². The van der Waals surface area contributed by atoms with Crippen LogP contribution < -0.4 is 15.5 Å². The molecule has 0 aromatic heterocycles. The van der Waals surface area contributed by atoms with Gasteiger partial charge < -0.3 is 15.5 Å². The third-order valence-electron chi connectivity index (χ3n) is 3.76. The molecule has 5 heteroatoms. The van der Waals surface area contributed by atoms with Gasteiger partial charge in [0, 0.05) is 39.9 Å². The van der Waals surface area contributed by atoms with Gasteiger partial charge in [0.2, 0.25) is 0 Å². The molecule has 0 fully saturated rings. The van der Waals surface area contributed by atoms with Gasteiger partial charge in [0.1, 0.15) is 5.82 Å². The standard InChI is InChI=1S/C19H25FN4/c1-21-19(22-13-12-15-4-8-17(20)9-5-15)23-14-16-6-10-18(11-7-16)24(2)3/h4-11H,12-14H2,1-3H3,(H2,21,22,23). The van der Waals surface area contributed by atoms with E-state index in [0.717, 1.165) is 24.5 Å². The maximum absolute atomic E-state index is 12.9. The monoisotopic (exact) mass is 328 g/mol. The van der Waals surface area contributed by atoms with Crippen molar-refractivity contribution in [1.29, 1.82) is 0 Å². The smallest absolute Gasteiger partial charge is 0.191 e. The van der Waals surface area contributed by atoms with E-state index in [9.17, 15) is 4.39 Å². The van der Waals surface area contributed by atoms with E-state index < -0.39 is 0 Å². The first kappa shape index (κ1) is 17.8. The van der Waals surface area contributed by atoms with Crippen LogP contribution in [-0.2, 0) is 13.0 Å². The Morgan fingerprint density at radius 1 is 0.958 bits per heavy atom. The first-order valence-electron chi connectivity index (χ1n) is 8.03. The molecule has 0 unspecified atom stereocenters. The van der Waals surface area contributed by atoms with Crippen LogP contribution >= 0.6 is 0 Å². The van der Waals surface area contributed by atoms with Gasteiger partial charge in [0.05, 0.1) is 0 Å². The Bertz CT molecular complexity index is 648. The molecule has 0 spiro atoms. The van der Waals surface area contributed by atoms with Gasteiger partial charge in [-0.15, -0.1) is 0 Å². The Morgan fingerprint density at radius 2 is 1.58 bits per heavy atom. The number of guanidine groups is 1. The summed E-state index contributed by atoms with van der Waals surface area (Å²) in [5.74, 6) is 0.554. The predicted octanol–water partition coefficient (Wildman–Crippen LogP) is 2.80. The lowest BCUT2D eigenvalue weighted by Crippen LogP contribution is -2.37. The molecule has 24 heavy (non-hydrogen) atoms. The average Bonchev–Trinajstić information content (AvgIpc) is 2.60. The van der Waals surface area contributed by atoms with E-state index in [4.69, 9.17) is 0 Å². The van der Waals surface area contributed by atoms with E-state index in [1.165, 1.54) is 23.4 Å². The highest BCUT2D eigenvalue weighted by Gasteiger charge is 2.00. The van der Waals surface area contributed by atoms with Crippen LogP contribution in [0.1, 0.15) is 11.1 Å². The zero-order valence-corrected chi connectivity index (χ0v) is 14.5. The summed E-state index contributed by atoms with van der Waals surface area (Å²) < 4.78 is 12.9. The second-order valence-corrected chi connectivity index (χ2v) is 5.79. The van der Waals surface area contributed by atoms with Crippen LogP contribution in [0.4, 0.5) is 10.1 Å². The zero-order chi connectivity index (χ0) is 17.4. The predicted molar refractivity (Wildman–Crippen MR) is 99.1 cm³/mol. The van der Waals surface area contributed by atoms with Crippen LogP contribution in [0.2, 0.25) is 0 Å². The second-order valence-electron chi connectivity index (χ2n) is 5.79. The minimum absolute atomic E-state index is 0.204. The van der Waals surface area contributed by atoms with Crippen LogP contribution in [0.15, 0.2) is 53.5 Å². The highest BCUT2D eigenvalue weighted by Crippen LogP contribution is 2.11. The molecular weight excluding hydrogens is 303 g/mol. The number of nitrogens with zero attached hydrogens (tertiary/aromatic N) is 2. The summed E-state index contributed by atoms with van der Waals surface area (Å²) in [6.07, 6.45) is 0.818. The van der Waals surface area contributed by atoms with Crippen molar-refractivity contribution in [1.82, 2.24) is 10.6 Å². The van der Waals surface area contributed by atoms with Gasteiger partial charge in [-0.2, -0.15) is 0 Å². The molecule has 0 aliphatic carbocycles. The highest BCUT2D eigenvalue weighted by atomic mass is 19.1. The summed E-state index contributed by atoms with van der Waals surface area (Å²) in [7, 11) is 5.81. The van der Waals surface area contributed by atoms with Crippen molar-refractivity contribution in [3.63, 3.8) is 0 Å². The average molecular weight is 328 g/mol. The van der Waals surface area contributed by atoms with Crippen molar-refractivity contribution in [2.45, 2.75) is 13.0 Å². The lowest BCUT2D eigenvalue weighted by Gasteiger charge is -2.14. The number of hydrogen-bond acceptors (Lipinski definition) is 2. The Morgan fingerprint density at radius 3 is 2.17 bits per heavy atom. The minimum atomic E-state index is -0.204. The summed E-state index contributed by atoms with van der Waals surface area (Å²) in [6, 6.07) is 15.0. The number of hydrogen-bond donors (Lipinski definition) is 2. The molecule has 0 heterocycles. The summed E-state index contributed by atoms with van der Waals surface area (Å²) in [5, 5.41) is 6.56. The van der Waals surface area contributed by atoms with Crippen LogP contribution in [-0.4, -0.2) is 33.6 Å². The summed E-state index contributed by atoms with van der Waals surface area (Å²) in [4.78, 5) is 6.30. The number of anilines is 1. The summed E-state index contributed by atoms with van der Waals surface area (Å²) >= 11 is 0. The molecule has 0 amide bonds. The van der Waals surface area contributed by atoms with Gasteiger partial charge in [-0.1, -0.05) is 24.3 Å². The van der Waals surface area contributed by atoms with Gasteiger partial charge in [-0.25, -0.2) is 4.39 Å². The van der Waals surface area contributed by atoms with E-state index >= 15 is 0 Å². The molecule has 0 radical (unpaired) electrons. The van der Waals surface area contributed by atoms with E-state index in [-0.39, 0.29) is 5.82 Å². The lowest BCUT2D eigenvalue weighted by molar-refractivity contribution is 0.626. The molecule has 0 aliphatic heterocycles. The van der Waals surface area contributed by atoms with Crippen molar-refractivity contribution < 1.29 is 4.39 Å². The van der Waals surface area contributed by atoms with Gasteiger partial charge in [0.15, 0.2) is 5.96 Å². The number of benzene rings is 2. The molecule has 0 saturated carbocycles. The number of nitrogens with one attached hydrogen (secondary N) is 2. The number of rotatable bonds is 6. The topological polar surface area (TPSA) is 39.7 Å². The normalized spacial score (nSPS) is 11.2. The Kier molecular flexibility index (Phi) is 6.61.